The van der Waals surface area contributed by atoms with Crippen molar-refractivity contribution in [3.8, 4) is 6.07 Å². The Hall–Kier alpha value is -0.890. The maximum absolute atomic E-state index is 9.51. The molecule has 2 aliphatic carbocycles. The Morgan fingerprint density at radius 2 is 1.86 bits per heavy atom. The highest BCUT2D eigenvalue weighted by molar-refractivity contribution is 5.25. The minimum atomic E-state index is 0.240. The number of hydrogen-bond donors (Lipinski definition) is 0. The Labute approximate surface area is 127 Å². The number of nitriles is 1. The summed E-state index contributed by atoms with van der Waals surface area (Å²) in [7, 11) is 1.79. The fraction of sp³-hybridized carbons (Fsp3) is 0.824. The molecule has 4 nitrogen and oxygen atoms in total. The van der Waals surface area contributed by atoms with Crippen molar-refractivity contribution in [1.29, 1.82) is 5.26 Å². The topological polar surface area (TPSA) is 51.5 Å². The molecule has 4 heteroatoms. The van der Waals surface area contributed by atoms with Gasteiger partial charge in [0, 0.05) is 12.7 Å². The molecule has 0 radical (unpaired) electrons. The van der Waals surface area contributed by atoms with E-state index in [-0.39, 0.29) is 12.2 Å². The van der Waals surface area contributed by atoms with Gasteiger partial charge in [-0.05, 0) is 56.8 Å². The number of rotatable bonds is 3. The normalized spacial score (nSPS) is 40.6. The first-order valence-corrected chi connectivity index (χ1v) is 8.18. The van der Waals surface area contributed by atoms with Crippen molar-refractivity contribution in [3.05, 3.63) is 11.6 Å². The van der Waals surface area contributed by atoms with Gasteiger partial charge in [-0.2, -0.15) is 5.26 Å². The van der Waals surface area contributed by atoms with Crippen molar-refractivity contribution in [2.24, 2.45) is 11.8 Å². The second-order valence-electron chi connectivity index (χ2n) is 6.54. The molecule has 0 amide bonds. The number of fused-ring (bicyclic) bond motifs is 1. The standard InChI is InChI=1S/C17H25NO3/c1-19-15-5-3-13(4-6-15)14(10-18)8-12-2-7-16-17(9-12)21-11-20-16/h8,12-13,15-17H,2-7,9,11H2,1H3/b14-8+. The third kappa shape index (κ3) is 3.48. The van der Waals surface area contributed by atoms with E-state index in [2.05, 4.69) is 12.1 Å². The molecule has 0 aromatic heterocycles. The van der Waals surface area contributed by atoms with Crippen LogP contribution in [0.15, 0.2) is 11.6 Å². The summed E-state index contributed by atoms with van der Waals surface area (Å²) in [5.74, 6) is 0.905. The molecule has 3 fully saturated rings. The maximum Gasteiger partial charge on any atom is 0.147 e. The minimum Gasteiger partial charge on any atom is -0.381 e. The van der Waals surface area contributed by atoms with Crippen molar-refractivity contribution >= 4 is 0 Å². The van der Waals surface area contributed by atoms with Crippen molar-refractivity contribution in [1.82, 2.24) is 0 Å². The molecular formula is C17H25NO3. The van der Waals surface area contributed by atoms with Crippen LogP contribution in [0.3, 0.4) is 0 Å². The molecule has 0 spiro atoms. The first-order chi connectivity index (χ1) is 10.3. The van der Waals surface area contributed by atoms with Crippen LogP contribution in [0.1, 0.15) is 44.9 Å². The summed E-state index contributed by atoms with van der Waals surface area (Å²) in [5.41, 5.74) is 0.993. The van der Waals surface area contributed by atoms with Gasteiger partial charge in [0.05, 0.1) is 24.4 Å². The fourth-order valence-corrected chi connectivity index (χ4v) is 3.99. The summed E-state index contributed by atoms with van der Waals surface area (Å²) >= 11 is 0. The summed E-state index contributed by atoms with van der Waals surface area (Å²) in [6.45, 7) is 0.442. The van der Waals surface area contributed by atoms with Gasteiger partial charge in [-0.15, -0.1) is 0 Å². The largest absolute Gasteiger partial charge is 0.381 e. The van der Waals surface area contributed by atoms with Gasteiger partial charge in [-0.1, -0.05) is 6.08 Å². The van der Waals surface area contributed by atoms with Gasteiger partial charge in [0.1, 0.15) is 6.79 Å². The van der Waals surface area contributed by atoms with Crippen LogP contribution in [-0.2, 0) is 14.2 Å². The lowest BCUT2D eigenvalue weighted by Gasteiger charge is -2.30. The van der Waals surface area contributed by atoms with Crippen LogP contribution in [0, 0.1) is 23.2 Å². The van der Waals surface area contributed by atoms with Crippen molar-refractivity contribution in [3.63, 3.8) is 0 Å². The van der Waals surface area contributed by atoms with Gasteiger partial charge < -0.3 is 14.2 Å². The Balaban J connectivity index is 1.59. The van der Waals surface area contributed by atoms with Gasteiger partial charge in [0.15, 0.2) is 0 Å². The van der Waals surface area contributed by atoms with E-state index in [0.717, 1.165) is 50.5 Å². The predicted octanol–water partition coefficient (Wildman–Crippen LogP) is 3.18. The minimum absolute atomic E-state index is 0.240. The first-order valence-electron chi connectivity index (χ1n) is 8.18. The lowest BCUT2D eigenvalue weighted by atomic mass is 9.79. The van der Waals surface area contributed by atoms with Crippen LogP contribution < -0.4 is 0 Å². The molecule has 3 unspecified atom stereocenters. The molecule has 1 saturated heterocycles. The molecule has 0 bridgehead atoms. The third-order valence-corrected chi connectivity index (χ3v) is 5.33. The average Bonchev–Trinajstić information content (AvgIpc) is 3.00. The second kappa shape index (κ2) is 6.91. The zero-order valence-electron chi connectivity index (χ0n) is 12.8. The SMILES string of the molecule is COC1CCC(/C(C#N)=C/C2CCC3OCOC3C2)CC1. The Morgan fingerprint density at radius 3 is 2.57 bits per heavy atom. The van der Waals surface area contributed by atoms with E-state index in [1.54, 1.807) is 7.11 Å². The van der Waals surface area contributed by atoms with E-state index >= 15 is 0 Å². The highest BCUT2D eigenvalue weighted by atomic mass is 16.7. The van der Waals surface area contributed by atoms with E-state index in [1.165, 1.54) is 0 Å². The van der Waals surface area contributed by atoms with Crippen molar-refractivity contribution < 1.29 is 14.2 Å². The highest BCUT2D eigenvalue weighted by Gasteiger charge is 2.35. The molecule has 0 N–H and O–H groups in total. The third-order valence-electron chi connectivity index (χ3n) is 5.33. The van der Waals surface area contributed by atoms with E-state index in [4.69, 9.17) is 14.2 Å². The molecule has 1 heterocycles. The molecule has 3 rings (SSSR count). The van der Waals surface area contributed by atoms with Gasteiger partial charge >= 0.3 is 0 Å². The van der Waals surface area contributed by atoms with Crippen LogP contribution in [0.5, 0.6) is 0 Å². The summed E-state index contributed by atoms with van der Waals surface area (Å²) < 4.78 is 16.6. The Morgan fingerprint density at radius 1 is 1.10 bits per heavy atom. The first kappa shape index (κ1) is 15.0. The van der Waals surface area contributed by atoms with Gasteiger partial charge in [-0.25, -0.2) is 0 Å². The van der Waals surface area contributed by atoms with E-state index in [9.17, 15) is 5.26 Å². The lowest BCUT2D eigenvalue weighted by molar-refractivity contribution is 0.0392. The monoisotopic (exact) mass is 291 g/mol. The quantitative estimate of drug-likeness (QED) is 0.749. The molecule has 3 aliphatic rings. The van der Waals surface area contributed by atoms with Gasteiger partial charge in [-0.3, -0.25) is 0 Å². The van der Waals surface area contributed by atoms with E-state index in [0.29, 0.717) is 24.7 Å². The molecule has 21 heavy (non-hydrogen) atoms. The number of methoxy groups -OCH3 is 1. The molecule has 116 valence electrons. The second-order valence-corrected chi connectivity index (χ2v) is 6.54. The van der Waals surface area contributed by atoms with Crippen LogP contribution in [0.4, 0.5) is 0 Å². The van der Waals surface area contributed by atoms with Crippen LogP contribution >= 0.6 is 0 Å². The summed E-state index contributed by atoms with van der Waals surface area (Å²) in [6.07, 6.45) is 10.6. The number of nitrogens with zero attached hydrogens (tertiary/aromatic N) is 1. The summed E-state index contributed by atoms with van der Waals surface area (Å²) in [4.78, 5) is 0. The van der Waals surface area contributed by atoms with E-state index in [1.807, 2.05) is 0 Å². The van der Waals surface area contributed by atoms with E-state index < -0.39 is 0 Å². The lowest BCUT2D eigenvalue weighted by Crippen LogP contribution is -2.30. The fourth-order valence-electron chi connectivity index (χ4n) is 3.99. The van der Waals surface area contributed by atoms with Crippen molar-refractivity contribution in [2.75, 3.05) is 13.9 Å². The van der Waals surface area contributed by atoms with Gasteiger partial charge in [0.25, 0.3) is 0 Å². The average molecular weight is 291 g/mol. The summed E-state index contributed by atoms with van der Waals surface area (Å²) in [5, 5.41) is 9.51. The zero-order chi connectivity index (χ0) is 14.7. The van der Waals surface area contributed by atoms with Gasteiger partial charge in [0.2, 0.25) is 0 Å². The molecule has 0 aromatic rings. The summed E-state index contributed by atoms with van der Waals surface area (Å²) in [6, 6.07) is 2.46. The smallest absolute Gasteiger partial charge is 0.147 e. The Bertz CT molecular complexity index is 420. The Kier molecular flexibility index (Phi) is 4.95. The molecular weight excluding hydrogens is 266 g/mol. The zero-order valence-corrected chi connectivity index (χ0v) is 12.8. The van der Waals surface area contributed by atoms with Crippen molar-refractivity contribution in [2.45, 2.75) is 63.3 Å². The molecule has 2 saturated carbocycles. The number of allylic oxidation sites excluding steroid dienone is 2. The predicted molar refractivity (Wildman–Crippen MR) is 78.4 cm³/mol. The van der Waals surface area contributed by atoms with Crippen LogP contribution in [-0.4, -0.2) is 32.2 Å². The van der Waals surface area contributed by atoms with Crippen LogP contribution in [0.2, 0.25) is 0 Å². The number of hydrogen-bond acceptors (Lipinski definition) is 4. The molecule has 0 aromatic carbocycles. The highest BCUT2D eigenvalue weighted by Crippen LogP contribution is 2.36. The number of ether oxygens (including phenoxy) is 3. The maximum atomic E-state index is 9.51. The molecule has 3 atom stereocenters. The van der Waals surface area contributed by atoms with Crippen LogP contribution in [0.25, 0.3) is 0 Å². The molecule has 1 aliphatic heterocycles.